The number of anilines is 1. The standard InChI is InChI=1S/C28H34N2O8S2.Na.H/c1-3-38-27(31)14-9-17-28(2)24-21-23(40(35,36)37)15-16-25(24)30(19-10-20-39(32,33)34)26(28)13-7-8-18-29-22-11-5-4-6-12-22;;/h4-8,11-13,15-16,18,21H,3,9-10,14,17,19-20H2,1-2H3,(H2,32,33,34,35,36,37);;/q;+1;-1. The first kappa shape index (κ1) is 34.9. The van der Waals surface area contributed by atoms with E-state index in [1.807, 2.05) is 47.9 Å². The molecular weight excluding hydrogens is 579 g/mol. The van der Waals surface area contributed by atoms with E-state index in [1.54, 1.807) is 25.3 Å². The molecule has 2 aromatic rings. The maximum Gasteiger partial charge on any atom is 1.00 e. The molecule has 1 heterocycles. The zero-order valence-electron chi connectivity index (χ0n) is 24.4. The van der Waals surface area contributed by atoms with Crippen molar-refractivity contribution in [3.05, 3.63) is 78.5 Å². The molecule has 0 fully saturated rings. The van der Waals surface area contributed by atoms with Crippen molar-refractivity contribution in [1.82, 2.24) is 0 Å². The van der Waals surface area contributed by atoms with E-state index in [2.05, 4.69) is 5.32 Å². The van der Waals surface area contributed by atoms with Gasteiger partial charge in [-0.05, 0) is 57.0 Å². The normalized spacial score (nSPS) is 17.1. The van der Waals surface area contributed by atoms with Crippen LogP contribution in [0, 0.1) is 0 Å². The summed E-state index contributed by atoms with van der Waals surface area (Å²) in [6.07, 6.45) is 8.25. The number of hydrogen-bond donors (Lipinski definition) is 2. The Morgan fingerprint density at radius 1 is 1.12 bits per heavy atom. The van der Waals surface area contributed by atoms with Gasteiger partial charge in [0.05, 0.1) is 22.7 Å². The Labute approximate surface area is 265 Å². The van der Waals surface area contributed by atoms with Crippen molar-refractivity contribution in [2.24, 2.45) is 0 Å². The van der Waals surface area contributed by atoms with Gasteiger partial charge in [0.1, 0.15) is 16.7 Å². The summed E-state index contributed by atoms with van der Waals surface area (Å²) in [5.41, 5.74) is 2.00. The minimum Gasteiger partial charge on any atom is -1.00 e. The van der Waals surface area contributed by atoms with E-state index in [0.29, 0.717) is 24.1 Å². The van der Waals surface area contributed by atoms with Gasteiger partial charge in [0.15, 0.2) is 5.71 Å². The summed E-state index contributed by atoms with van der Waals surface area (Å²) in [4.78, 5) is 11.6. The minimum absolute atomic E-state index is 0. The van der Waals surface area contributed by atoms with Crippen molar-refractivity contribution in [3.63, 3.8) is 0 Å². The van der Waals surface area contributed by atoms with Gasteiger partial charge in [-0.2, -0.15) is 13.0 Å². The van der Waals surface area contributed by atoms with Crippen LogP contribution < -0.4 is 34.9 Å². The third-order valence-electron chi connectivity index (χ3n) is 6.63. The molecule has 0 amide bonds. The molecule has 1 unspecified atom stereocenters. The van der Waals surface area contributed by atoms with E-state index in [-0.39, 0.29) is 67.8 Å². The molecule has 0 aromatic heterocycles. The van der Waals surface area contributed by atoms with Crippen molar-refractivity contribution in [3.8, 4) is 0 Å². The fraction of sp³-hybridized carbons (Fsp3) is 0.357. The van der Waals surface area contributed by atoms with Crippen LogP contribution in [0.15, 0.2) is 77.9 Å². The van der Waals surface area contributed by atoms with Gasteiger partial charge in [-0.25, -0.2) is 8.42 Å². The third-order valence-corrected chi connectivity index (χ3v) is 8.27. The number of allylic oxidation sites excluding steroid dienone is 3. The Bertz CT molecular complexity index is 1530. The summed E-state index contributed by atoms with van der Waals surface area (Å²) in [5, 5.41) is 3.15. The number of ether oxygens (including phenoxy) is 1. The average molecular weight is 615 g/mol. The molecule has 0 radical (unpaired) electrons. The van der Waals surface area contributed by atoms with E-state index < -0.39 is 31.4 Å². The Morgan fingerprint density at radius 2 is 1.83 bits per heavy atom. The first-order valence-corrected chi connectivity index (χ1v) is 15.9. The van der Waals surface area contributed by atoms with Crippen molar-refractivity contribution in [2.75, 3.05) is 24.2 Å². The molecule has 0 saturated heterocycles. The summed E-state index contributed by atoms with van der Waals surface area (Å²) < 4.78 is 74.5. The smallest absolute Gasteiger partial charge is 1.00 e. The van der Waals surface area contributed by atoms with Gasteiger partial charge in [0, 0.05) is 42.4 Å². The van der Waals surface area contributed by atoms with Crippen LogP contribution >= 0.6 is 0 Å². The van der Waals surface area contributed by atoms with Crippen molar-refractivity contribution in [1.29, 1.82) is 0 Å². The van der Waals surface area contributed by atoms with E-state index in [9.17, 15) is 30.7 Å². The molecule has 218 valence electrons. The first-order valence-electron chi connectivity index (χ1n) is 12.9. The predicted octanol–water partition coefficient (Wildman–Crippen LogP) is 1.26. The fourth-order valence-corrected chi connectivity index (χ4v) is 5.79. The van der Waals surface area contributed by atoms with Crippen molar-refractivity contribution >= 4 is 43.3 Å². The number of benzene rings is 2. The van der Waals surface area contributed by atoms with E-state index in [1.165, 1.54) is 18.2 Å². The summed E-state index contributed by atoms with van der Waals surface area (Å²) >= 11 is 0. The molecule has 3 rings (SSSR count). The number of nitrogens with one attached hydrogen (secondary N) is 1. The van der Waals surface area contributed by atoms with Crippen LogP contribution in [0.1, 0.15) is 46.5 Å². The number of carbonyl (C=O) groups is 1. The summed E-state index contributed by atoms with van der Waals surface area (Å²) in [5.74, 6) is -0.805. The molecule has 1 aliphatic rings. The first-order chi connectivity index (χ1) is 18.8. The van der Waals surface area contributed by atoms with Crippen LogP contribution in [0.4, 0.5) is 11.4 Å². The van der Waals surface area contributed by atoms with Crippen LogP contribution in [0.2, 0.25) is 0 Å². The number of hydrogen-bond acceptors (Lipinski definition) is 8. The molecule has 41 heavy (non-hydrogen) atoms. The molecular formula is C28H35N2NaO8S2. The average Bonchev–Trinajstić information content (AvgIpc) is 3.10. The summed E-state index contributed by atoms with van der Waals surface area (Å²) in [7, 11) is -8.93. The second kappa shape index (κ2) is 15.2. The quantitative estimate of drug-likeness (QED) is 0.105. The minimum atomic E-state index is -4.74. The monoisotopic (exact) mass is 614 g/mol. The van der Waals surface area contributed by atoms with Gasteiger partial charge in [-0.3, -0.25) is 9.35 Å². The summed E-state index contributed by atoms with van der Waals surface area (Å²) in [6.45, 7) is 4.08. The molecule has 1 aliphatic heterocycles. The molecule has 2 N–H and O–H groups in total. The number of nitrogens with zero attached hydrogens (tertiary/aromatic N) is 1. The number of para-hydroxylation sites is 1. The fourth-order valence-electron chi connectivity index (χ4n) is 4.80. The topological polar surface area (TPSA) is 153 Å². The molecule has 0 aliphatic carbocycles. The van der Waals surface area contributed by atoms with Gasteiger partial charge >= 0.3 is 35.5 Å². The van der Waals surface area contributed by atoms with Crippen LogP contribution in [-0.2, 0) is 35.2 Å². The Morgan fingerprint density at radius 3 is 2.46 bits per heavy atom. The zero-order chi connectivity index (χ0) is 29.4. The Kier molecular flexibility index (Phi) is 13.0. The van der Waals surface area contributed by atoms with Crippen molar-refractivity contribution in [2.45, 2.75) is 49.8 Å². The van der Waals surface area contributed by atoms with E-state index in [0.717, 1.165) is 11.4 Å². The Balaban J connectivity index is 0.00000441. The largest absolute Gasteiger partial charge is 1.00 e. The predicted molar refractivity (Wildman–Crippen MR) is 153 cm³/mol. The molecule has 10 nitrogen and oxygen atoms in total. The van der Waals surface area contributed by atoms with Crippen LogP contribution in [0.3, 0.4) is 0 Å². The second-order valence-electron chi connectivity index (χ2n) is 9.53. The van der Waals surface area contributed by atoms with Gasteiger partial charge in [0.2, 0.25) is 5.69 Å². The van der Waals surface area contributed by atoms with Gasteiger partial charge < -0.3 is 16.0 Å². The van der Waals surface area contributed by atoms with Crippen LogP contribution in [0.25, 0.3) is 0 Å². The SMILES string of the molecule is CCOC(=O)CCCC1(C)C(C=CC=CNc2ccccc2)=[N+](CCCS(=O)(=O)O)c2ccc(S(=O)(=O)[O-])cc21.[H-].[Na+]. The molecule has 2 aromatic carbocycles. The Hall–Kier alpha value is -2.32. The molecule has 0 bridgehead atoms. The molecule has 0 spiro atoms. The number of esters is 1. The van der Waals surface area contributed by atoms with Gasteiger partial charge in [-0.15, -0.1) is 0 Å². The van der Waals surface area contributed by atoms with Crippen molar-refractivity contribution < 1.29 is 71.0 Å². The number of carbonyl (C=O) groups excluding carboxylic acids is 1. The summed E-state index contributed by atoms with van der Waals surface area (Å²) in [6, 6.07) is 13.7. The van der Waals surface area contributed by atoms with Crippen LogP contribution in [-0.4, -0.2) is 61.1 Å². The maximum absolute atomic E-state index is 12.0. The zero-order valence-corrected chi connectivity index (χ0v) is 27.1. The van der Waals surface area contributed by atoms with Gasteiger partial charge in [-0.1, -0.05) is 24.3 Å². The number of fused-ring (bicyclic) bond motifs is 1. The molecule has 13 heteroatoms. The van der Waals surface area contributed by atoms with E-state index >= 15 is 0 Å². The maximum atomic E-state index is 12.0. The second-order valence-corrected chi connectivity index (χ2v) is 12.5. The van der Waals surface area contributed by atoms with Crippen LogP contribution in [0.5, 0.6) is 0 Å². The number of rotatable bonds is 14. The molecule has 0 saturated carbocycles. The molecule has 1 atom stereocenters. The van der Waals surface area contributed by atoms with E-state index in [4.69, 9.17) is 4.74 Å². The third kappa shape index (κ3) is 9.88. The van der Waals surface area contributed by atoms with Gasteiger partial charge in [0.25, 0.3) is 10.1 Å².